The van der Waals surface area contributed by atoms with Gasteiger partial charge in [0.25, 0.3) is 0 Å². The SMILES string of the molecule is Cc1ccc(CN(C)CC(C)C(=O)c2ccc(F)cn2)o1. The Bertz CT molecular complexity index is 607. The topological polar surface area (TPSA) is 46.3 Å². The largest absolute Gasteiger partial charge is 0.465 e. The number of aryl methyl sites for hydroxylation is 1. The maximum atomic E-state index is 12.8. The highest BCUT2D eigenvalue weighted by atomic mass is 19.1. The summed E-state index contributed by atoms with van der Waals surface area (Å²) in [6, 6.07) is 6.52. The van der Waals surface area contributed by atoms with Gasteiger partial charge in [-0.1, -0.05) is 6.92 Å². The molecule has 0 aliphatic carbocycles. The van der Waals surface area contributed by atoms with Gasteiger partial charge in [-0.15, -0.1) is 0 Å². The van der Waals surface area contributed by atoms with Crippen molar-refractivity contribution in [2.45, 2.75) is 20.4 Å². The van der Waals surface area contributed by atoms with E-state index in [-0.39, 0.29) is 11.7 Å². The first-order valence-corrected chi connectivity index (χ1v) is 6.85. The number of carbonyl (C=O) groups excluding carboxylic acids is 1. The zero-order valence-electron chi connectivity index (χ0n) is 12.5. The van der Waals surface area contributed by atoms with Gasteiger partial charge in [0.2, 0.25) is 0 Å². The third-order valence-corrected chi connectivity index (χ3v) is 3.23. The first-order valence-electron chi connectivity index (χ1n) is 6.85. The number of nitrogens with zero attached hydrogens (tertiary/aromatic N) is 2. The van der Waals surface area contributed by atoms with E-state index < -0.39 is 5.82 Å². The fourth-order valence-electron chi connectivity index (χ4n) is 2.23. The van der Waals surface area contributed by atoms with E-state index in [0.717, 1.165) is 17.7 Å². The molecule has 0 fully saturated rings. The van der Waals surface area contributed by atoms with Crippen LogP contribution in [0.25, 0.3) is 0 Å². The van der Waals surface area contributed by atoms with Crippen molar-refractivity contribution in [3.05, 3.63) is 53.5 Å². The van der Waals surface area contributed by atoms with Gasteiger partial charge < -0.3 is 4.42 Å². The van der Waals surface area contributed by atoms with Crippen LogP contribution < -0.4 is 0 Å². The average Bonchev–Trinajstić information content (AvgIpc) is 2.83. The van der Waals surface area contributed by atoms with Crippen LogP contribution in [0, 0.1) is 18.7 Å². The zero-order valence-corrected chi connectivity index (χ0v) is 12.5. The molecule has 0 saturated carbocycles. The molecule has 1 atom stereocenters. The van der Waals surface area contributed by atoms with Crippen LogP contribution in [0.3, 0.4) is 0 Å². The molecule has 0 spiro atoms. The Kier molecular flexibility index (Phi) is 4.85. The molecule has 0 aromatic carbocycles. The van der Waals surface area contributed by atoms with Crippen LogP contribution in [0.15, 0.2) is 34.9 Å². The van der Waals surface area contributed by atoms with Crippen LogP contribution in [-0.2, 0) is 6.54 Å². The summed E-state index contributed by atoms with van der Waals surface area (Å²) in [5.41, 5.74) is 0.297. The second-order valence-electron chi connectivity index (χ2n) is 5.34. The van der Waals surface area contributed by atoms with Crippen LogP contribution in [0.2, 0.25) is 0 Å². The number of carbonyl (C=O) groups is 1. The van der Waals surface area contributed by atoms with Crippen LogP contribution in [0.5, 0.6) is 0 Å². The van der Waals surface area contributed by atoms with E-state index in [2.05, 4.69) is 4.98 Å². The molecular formula is C16H19FN2O2. The molecule has 0 saturated heterocycles. The monoisotopic (exact) mass is 290 g/mol. The van der Waals surface area contributed by atoms with Gasteiger partial charge in [-0.2, -0.15) is 0 Å². The van der Waals surface area contributed by atoms with E-state index in [1.54, 1.807) is 0 Å². The molecule has 0 bridgehead atoms. The quantitative estimate of drug-likeness (QED) is 0.767. The Morgan fingerprint density at radius 3 is 2.71 bits per heavy atom. The highest BCUT2D eigenvalue weighted by Gasteiger charge is 2.18. The lowest BCUT2D eigenvalue weighted by Gasteiger charge is -2.19. The summed E-state index contributed by atoms with van der Waals surface area (Å²) >= 11 is 0. The Morgan fingerprint density at radius 1 is 1.38 bits per heavy atom. The predicted octanol–water partition coefficient (Wildman–Crippen LogP) is 3.07. The highest BCUT2D eigenvalue weighted by molar-refractivity contribution is 5.95. The number of rotatable bonds is 6. The fourth-order valence-corrected chi connectivity index (χ4v) is 2.23. The van der Waals surface area contributed by atoms with Crippen LogP contribution in [0.1, 0.15) is 28.9 Å². The first kappa shape index (κ1) is 15.4. The maximum Gasteiger partial charge on any atom is 0.185 e. The first-order chi connectivity index (χ1) is 9.95. The summed E-state index contributed by atoms with van der Waals surface area (Å²) in [5, 5.41) is 0. The molecule has 1 unspecified atom stereocenters. The molecule has 2 aromatic rings. The minimum Gasteiger partial charge on any atom is -0.465 e. The second kappa shape index (κ2) is 6.63. The van der Waals surface area contributed by atoms with E-state index in [9.17, 15) is 9.18 Å². The number of aromatic nitrogens is 1. The molecule has 112 valence electrons. The predicted molar refractivity (Wildman–Crippen MR) is 77.5 cm³/mol. The van der Waals surface area contributed by atoms with Gasteiger partial charge in [-0.25, -0.2) is 4.39 Å². The van der Waals surface area contributed by atoms with Crippen LogP contribution in [-0.4, -0.2) is 29.3 Å². The van der Waals surface area contributed by atoms with Crippen molar-refractivity contribution in [3.63, 3.8) is 0 Å². The minimum atomic E-state index is -0.440. The van der Waals surface area contributed by atoms with Crippen molar-refractivity contribution < 1.29 is 13.6 Å². The van der Waals surface area contributed by atoms with E-state index in [4.69, 9.17) is 4.42 Å². The van der Waals surface area contributed by atoms with Crippen LogP contribution in [0.4, 0.5) is 4.39 Å². The van der Waals surface area contributed by atoms with E-state index in [1.807, 2.05) is 37.9 Å². The van der Waals surface area contributed by atoms with Gasteiger partial charge in [0, 0.05) is 12.5 Å². The van der Waals surface area contributed by atoms with Gasteiger partial charge in [-0.05, 0) is 38.2 Å². The summed E-state index contributed by atoms with van der Waals surface area (Å²) in [7, 11) is 1.93. The minimum absolute atomic E-state index is 0.0857. The number of Topliss-reactive ketones (excluding diaryl/α,β-unsaturated/α-hetero) is 1. The van der Waals surface area contributed by atoms with E-state index in [0.29, 0.717) is 18.8 Å². The molecule has 0 N–H and O–H groups in total. The average molecular weight is 290 g/mol. The van der Waals surface area contributed by atoms with Gasteiger partial charge >= 0.3 is 0 Å². The van der Waals surface area contributed by atoms with E-state index >= 15 is 0 Å². The third-order valence-electron chi connectivity index (χ3n) is 3.23. The van der Waals surface area contributed by atoms with Crippen LogP contribution >= 0.6 is 0 Å². The lowest BCUT2D eigenvalue weighted by Crippen LogP contribution is -2.28. The molecule has 0 amide bonds. The zero-order chi connectivity index (χ0) is 15.4. The lowest BCUT2D eigenvalue weighted by molar-refractivity contribution is 0.0893. The Balaban J connectivity index is 1.92. The molecule has 2 rings (SSSR count). The number of hydrogen-bond donors (Lipinski definition) is 0. The van der Waals surface area contributed by atoms with Gasteiger partial charge in [0.1, 0.15) is 23.0 Å². The summed E-state index contributed by atoms with van der Waals surface area (Å²) < 4.78 is 18.3. The molecule has 2 aromatic heterocycles. The second-order valence-corrected chi connectivity index (χ2v) is 5.34. The smallest absolute Gasteiger partial charge is 0.185 e. The van der Waals surface area contributed by atoms with Crippen molar-refractivity contribution in [1.82, 2.24) is 9.88 Å². The maximum absolute atomic E-state index is 12.8. The van der Waals surface area contributed by atoms with Crippen molar-refractivity contribution in [1.29, 1.82) is 0 Å². The van der Waals surface area contributed by atoms with Crippen molar-refractivity contribution in [2.75, 3.05) is 13.6 Å². The van der Waals surface area contributed by atoms with Gasteiger partial charge in [-0.3, -0.25) is 14.7 Å². The van der Waals surface area contributed by atoms with Gasteiger partial charge in [0.15, 0.2) is 5.78 Å². The number of halogens is 1. The number of ketones is 1. The summed E-state index contributed by atoms with van der Waals surface area (Å²) in [6.07, 6.45) is 1.06. The molecule has 5 heteroatoms. The van der Waals surface area contributed by atoms with Crippen molar-refractivity contribution in [2.24, 2.45) is 5.92 Å². The molecule has 0 radical (unpaired) electrons. The summed E-state index contributed by atoms with van der Waals surface area (Å²) in [6.45, 7) is 4.97. The van der Waals surface area contributed by atoms with Gasteiger partial charge in [0.05, 0.1) is 12.7 Å². The molecule has 0 aliphatic heterocycles. The van der Waals surface area contributed by atoms with E-state index in [1.165, 1.54) is 12.1 Å². The summed E-state index contributed by atoms with van der Waals surface area (Å²) in [4.78, 5) is 18.1. The number of hydrogen-bond acceptors (Lipinski definition) is 4. The number of pyridine rings is 1. The number of furan rings is 1. The van der Waals surface area contributed by atoms with Crippen molar-refractivity contribution in [3.8, 4) is 0 Å². The molecule has 4 nitrogen and oxygen atoms in total. The third kappa shape index (κ3) is 4.23. The van der Waals surface area contributed by atoms with Crippen molar-refractivity contribution >= 4 is 5.78 Å². The molecular weight excluding hydrogens is 271 g/mol. The Morgan fingerprint density at radius 2 is 2.14 bits per heavy atom. The normalized spacial score (nSPS) is 12.6. The highest BCUT2D eigenvalue weighted by Crippen LogP contribution is 2.12. The summed E-state index contributed by atoms with van der Waals surface area (Å²) in [5.74, 6) is 0.999. The fraction of sp³-hybridized carbons (Fsp3) is 0.375. The standard InChI is InChI=1S/C16H19FN2O2/c1-11(16(20)15-7-5-13(17)8-18-15)9-19(3)10-14-6-4-12(2)21-14/h4-8,11H,9-10H2,1-3H3. The molecule has 0 aliphatic rings. The Hall–Kier alpha value is -2.01. The molecule has 21 heavy (non-hydrogen) atoms. The molecule has 2 heterocycles. The Labute approximate surface area is 123 Å². The lowest BCUT2D eigenvalue weighted by atomic mass is 10.0.